The highest BCUT2D eigenvalue weighted by molar-refractivity contribution is 5.01. The Bertz CT molecular complexity index is 189. The zero-order valence-corrected chi connectivity index (χ0v) is 11.7. The van der Waals surface area contributed by atoms with Crippen LogP contribution < -0.4 is 5.32 Å². The van der Waals surface area contributed by atoms with Crippen molar-refractivity contribution in [2.45, 2.75) is 65.0 Å². The minimum atomic E-state index is -0.0475. The summed E-state index contributed by atoms with van der Waals surface area (Å²) in [4.78, 5) is 0. The number of hydrogen-bond donors (Lipinski definition) is 1. The average molecular weight is 227 g/mol. The molecule has 0 aromatic rings. The van der Waals surface area contributed by atoms with Crippen LogP contribution in [0.5, 0.6) is 0 Å². The van der Waals surface area contributed by atoms with Gasteiger partial charge >= 0.3 is 0 Å². The Morgan fingerprint density at radius 1 is 1.31 bits per heavy atom. The van der Waals surface area contributed by atoms with Gasteiger partial charge in [0.1, 0.15) is 0 Å². The molecule has 1 atom stereocenters. The summed E-state index contributed by atoms with van der Waals surface area (Å²) in [5.74, 6) is 0. The molecule has 96 valence electrons. The van der Waals surface area contributed by atoms with Gasteiger partial charge in [0.05, 0.1) is 5.60 Å². The van der Waals surface area contributed by atoms with Gasteiger partial charge < -0.3 is 10.1 Å². The Labute approximate surface area is 101 Å². The lowest BCUT2D eigenvalue weighted by Crippen LogP contribution is -2.51. The topological polar surface area (TPSA) is 21.3 Å². The van der Waals surface area contributed by atoms with Crippen molar-refractivity contribution >= 4 is 0 Å². The highest BCUT2D eigenvalue weighted by atomic mass is 16.5. The zero-order valence-electron chi connectivity index (χ0n) is 11.7. The standard InChI is InChI=1S/C14H29NO/c1-7-10-15-13(11-12(4)5)14(8-2,9-3)16-6/h13,15H,4,7-11H2,1-3,5-6H3. The highest BCUT2D eigenvalue weighted by Gasteiger charge is 2.35. The molecule has 2 heteroatoms. The quantitative estimate of drug-likeness (QED) is 0.608. The number of hydrogen-bond acceptors (Lipinski definition) is 2. The molecule has 1 unspecified atom stereocenters. The Hall–Kier alpha value is -0.340. The Morgan fingerprint density at radius 3 is 2.19 bits per heavy atom. The molecule has 0 bridgehead atoms. The predicted octanol–water partition coefficient (Wildman–Crippen LogP) is 3.53. The minimum Gasteiger partial charge on any atom is -0.377 e. The molecule has 0 radical (unpaired) electrons. The van der Waals surface area contributed by atoms with Crippen LogP contribution in [0.3, 0.4) is 0 Å². The van der Waals surface area contributed by atoms with Crippen molar-refractivity contribution in [1.29, 1.82) is 0 Å². The molecule has 0 spiro atoms. The molecule has 2 nitrogen and oxygen atoms in total. The Morgan fingerprint density at radius 2 is 1.88 bits per heavy atom. The van der Waals surface area contributed by atoms with Crippen molar-refractivity contribution in [3.8, 4) is 0 Å². The second kappa shape index (κ2) is 7.86. The fraction of sp³-hybridized carbons (Fsp3) is 0.857. The third kappa shape index (κ3) is 4.26. The molecule has 16 heavy (non-hydrogen) atoms. The summed E-state index contributed by atoms with van der Waals surface area (Å²) in [6.45, 7) is 13.8. The van der Waals surface area contributed by atoms with E-state index in [2.05, 4.69) is 39.6 Å². The average Bonchev–Trinajstić information content (AvgIpc) is 2.28. The predicted molar refractivity (Wildman–Crippen MR) is 71.8 cm³/mol. The van der Waals surface area contributed by atoms with Gasteiger partial charge in [-0.3, -0.25) is 0 Å². The first-order valence-electron chi connectivity index (χ1n) is 6.49. The van der Waals surface area contributed by atoms with E-state index >= 15 is 0 Å². The van der Waals surface area contributed by atoms with Gasteiger partial charge in [0.2, 0.25) is 0 Å². The van der Waals surface area contributed by atoms with Crippen LogP contribution in [0, 0.1) is 0 Å². The van der Waals surface area contributed by atoms with Gasteiger partial charge in [-0.15, -0.1) is 6.58 Å². The monoisotopic (exact) mass is 227 g/mol. The summed E-state index contributed by atoms with van der Waals surface area (Å²) in [7, 11) is 1.83. The lowest BCUT2D eigenvalue weighted by molar-refractivity contribution is -0.0471. The molecule has 0 amide bonds. The van der Waals surface area contributed by atoms with Gasteiger partial charge in [-0.25, -0.2) is 0 Å². The molecular weight excluding hydrogens is 198 g/mol. The van der Waals surface area contributed by atoms with E-state index in [1.165, 1.54) is 5.57 Å². The molecule has 0 aliphatic carbocycles. The van der Waals surface area contributed by atoms with E-state index in [4.69, 9.17) is 4.74 Å². The molecule has 1 N–H and O–H groups in total. The molecule has 0 saturated heterocycles. The SMILES string of the molecule is C=C(C)CC(NCCC)C(CC)(CC)OC. The van der Waals surface area contributed by atoms with Crippen molar-refractivity contribution in [2.24, 2.45) is 0 Å². The number of rotatable bonds is 9. The largest absolute Gasteiger partial charge is 0.377 e. The summed E-state index contributed by atoms with van der Waals surface area (Å²) in [5.41, 5.74) is 1.17. The molecule has 0 heterocycles. The maximum absolute atomic E-state index is 5.79. The fourth-order valence-corrected chi connectivity index (χ4v) is 2.28. The van der Waals surface area contributed by atoms with Gasteiger partial charge in [-0.2, -0.15) is 0 Å². The molecule has 0 aromatic heterocycles. The summed E-state index contributed by atoms with van der Waals surface area (Å²) in [5, 5.41) is 3.61. The van der Waals surface area contributed by atoms with E-state index in [0.29, 0.717) is 6.04 Å². The smallest absolute Gasteiger partial charge is 0.0828 e. The Kier molecular flexibility index (Phi) is 7.69. The maximum atomic E-state index is 5.79. The number of ether oxygens (including phenoxy) is 1. The molecule has 0 rings (SSSR count). The molecule has 0 aliphatic rings. The first-order valence-corrected chi connectivity index (χ1v) is 6.49. The van der Waals surface area contributed by atoms with Gasteiger partial charge in [-0.1, -0.05) is 26.3 Å². The van der Waals surface area contributed by atoms with Crippen LogP contribution in [0.4, 0.5) is 0 Å². The van der Waals surface area contributed by atoms with Crippen molar-refractivity contribution in [3.05, 3.63) is 12.2 Å². The van der Waals surface area contributed by atoms with Crippen LogP contribution in [0.15, 0.2) is 12.2 Å². The second-order valence-corrected chi connectivity index (χ2v) is 4.64. The van der Waals surface area contributed by atoms with Crippen LogP contribution >= 0.6 is 0 Å². The normalized spacial score (nSPS) is 13.8. The molecular formula is C14H29NO. The van der Waals surface area contributed by atoms with E-state index in [1.807, 2.05) is 7.11 Å². The van der Waals surface area contributed by atoms with Crippen LogP contribution in [-0.2, 0) is 4.74 Å². The number of methoxy groups -OCH3 is 1. The lowest BCUT2D eigenvalue weighted by atomic mass is 9.84. The van der Waals surface area contributed by atoms with Crippen molar-refractivity contribution in [1.82, 2.24) is 5.32 Å². The van der Waals surface area contributed by atoms with Gasteiger partial charge in [0, 0.05) is 13.2 Å². The molecule has 0 aliphatic heterocycles. The minimum absolute atomic E-state index is 0.0475. The van der Waals surface area contributed by atoms with Crippen molar-refractivity contribution in [2.75, 3.05) is 13.7 Å². The molecule has 0 fully saturated rings. The van der Waals surface area contributed by atoms with Crippen LogP contribution in [0.1, 0.15) is 53.4 Å². The van der Waals surface area contributed by atoms with E-state index in [1.54, 1.807) is 0 Å². The van der Waals surface area contributed by atoms with Gasteiger partial charge in [-0.05, 0) is 39.2 Å². The van der Waals surface area contributed by atoms with E-state index < -0.39 is 0 Å². The second-order valence-electron chi connectivity index (χ2n) is 4.64. The molecule has 0 aromatic carbocycles. The summed E-state index contributed by atoms with van der Waals surface area (Å²) < 4.78 is 5.79. The molecule has 0 saturated carbocycles. The van der Waals surface area contributed by atoms with Gasteiger partial charge in [0.15, 0.2) is 0 Å². The number of nitrogens with one attached hydrogen (secondary N) is 1. The maximum Gasteiger partial charge on any atom is 0.0828 e. The highest BCUT2D eigenvalue weighted by Crippen LogP contribution is 2.27. The third-order valence-electron chi connectivity index (χ3n) is 3.43. The summed E-state index contributed by atoms with van der Waals surface area (Å²) in [6.07, 6.45) is 4.22. The van der Waals surface area contributed by atoms with Crippen LogP contribution in [0.25, 0.3) is 0 Å². The Balaban J connectivity index is 4.72. The van der Waals surface area contributed by atoms with E-state index in [-0.39, 0.29) is 5.60 Å². The first kappa shape index (κ1) is 15.7. The van der Waals surface area contributed by atoms with Crippen LogP contribution in [-0.4, -0.2) is 25.3 Å². The third-order valence-corrected chi connectivity index (χ3v) is 3.43. The van der Waals surface area contributed by atoms with Crippen molar-refractivity contribution < 1.29 is 4.74 Å². The fourth-order valence-electron chi connectivity index (χ4n) is 2.28. The first-order chi connectivity index (χ1) is 7.56. The van der Waals surface area contributed by atoms with Crippen molar-refractivity contribution in [3.63, 3.8) is 0 Å². The van der Waals surface area contributed by atoms with Crippen LogP contribution in [0.2, 0.25) is 0 Å². The zero-order chi connectivity index (χ0) is 12.6. The lowest BCUT2D eigenvalue weighted by Gasteiger charge is -2.39. The van der Waals surface area contributed by atoms with E-state index in [9.17, 15) is 0 Å². The summed E-state index contributed by atoms with van der Waals surface area (Å²) in [6, 6.07) is 0.380. The summed E-state index contributed by atoms with van der Waals surface area (Å²) >= 11 is 0. The van der Waals surface area contributed by atoms with Gasteiger partial charge in [0.25, 0.3) is 0 Å². The van der Waals surface area contributed by atoms with E-state index in [0.717, 1.165) is 32.2 Å².